The first-order valence-electron chi connectivity index (χ1n) is 9.66. The van der Waals surface area contributed by atoms with E-state index < -0.39 is 0 Å². The van der Waals surface area contributed by atoms with Crippen LogP contribution in [0.2, 0.25) is 0 Å². The maximum absolute atomic E-state index is 12.0. The molecule has 154 valence electrons. The van der Waals surface area contributed by atoms with Crippen LogP contribution in [0.5, 0.6) is 0 Å². The lowest BCUT2D eigenvalue weighted by molar-refractivity contribution is -0.116. The van der Waals surface area contributed by atoms with E-state index in [2.05, 4.69) is 46.5 Å². The normalized spacial score (nSPS) is 11.6. The second-order valence-corrected chi connectivity index (χ2v) is 9.02. The van der Waals surface area contributed by atoms with Crippen molar-refractivity contribution in [2.24, 2.45) is 5.92 Å². The van der Waals surface area contributed by atoms with E-state index in [1.165, 1.54) is 0 Å². The fourth-order valence-corrected chi connectivity index (χ4v) is 3.80. The molecular formula is C20H26N6OS2. The summed E-state index contributed by atoms with van der Waals surface area (Å²) < 4.78 is 1.82. The molecule has 0 atom stereocenters. The van der Waals surface area contributed by atoms with Gasteiger partial charge in [0.05, 0.1) is 18.1 Å². The third kappa shape index (κ3) is 6.04. The molecule has 0 fully saturated rings. The molecule has 0 saturated carbocycles. The smallest absolute Gasteiger partial charge is 0.244 e. The Kier molecular flexibility index (Phi) is 7.65. The Balaban J connectivity index is 1.68. The van der Waals surface area contributed by atoms with Crippen molar-refractivity contribution >= 4 is 51.9 Å². The second kappa shape index (κ2) is 10.4. The van der Waals surface area contributed by atoms with Crippen molar-refractivity contribution in [2.75, 3.05) is 24.2 Å². The number of aromatic nitrogens is 4. The van der Waals surface area contributed by atoms with Gasteiger partial charge < -0.3 is 10.6 Å². The van der Waals surface area contributed by atoms with Gasteiger partial charge in [-0.2, -0.15) is 5.10 Å². The summed E-state index contributed by atoms with van der Waals surface area (Å²) >= 11 is 3.20. The first-order valence-corrected chi connectivity index (χ1v) is 11.5. The van der Waals surface area contributed by atoms with E-state index in [1.54, 1.807) is 35.4 Å². The zero-order chi connectivity index (χ0) is 20.6. The Bertz CT molecular complexity index is 965. The average Bonchev–Trinajstić information content (AvgIpc) is 3.35. The topological polar surface area (TPSA) is 84.7 Å². The molecule has 0 saturated heterocycles. The van der Waals surface area contributed by atoms with E-state index in [0.717, 1.165) is 39.2 Å². The molecule has 0 bridgehead atoms. The molecule has 1 amide bonds. The molecule has 3 heterocycles. The van der Waals surface area contributed by atoms with Gasteiger partial charge in [0.2, 0.25) is 5.91 Å². The van der Waals surface area contributed by atoms with Crippen LogP contribution in [0.25, 0.3) is 17.1 Å². The number of thioether (sulfide) groups is 1. The molecule has 0 unspecified atom stereocenters. The molecule has 9 heteroatoms. The van der Waals surface area contributed by atoms with Gasteiger partial charge in [-0.1, -0.05) is 38.6 Å². The maximum Gasteiger partial charge on any atom is 0.244 e. The largest absolute Gasteiger partial charge is 0.369 e. The van der Waals surface area contributed by atoms with Crippen molar-refractivity contribution in [3.8, 4) is 0 Å². The number of carbonyl (C=O) groups is 1. The molecule has 0 aliphatic heterocycles. The Labute approximate surface area is 179 Å². The SMILES string of the molecule is CCSc1nc(NCC(C)C)c2cnn(CCNC(=O)/C=C/c3cccs3)c2n1. The van der Waals surface area contributed by atoms with Crippen LogP contribution >= 0.6 is 23.1 Å². The van der Waals surface area contributed by atoms with Gasteiger partial charge in [0, 0.05) is 24.0 Å². The molecule has 0 spiro atoms. The Morgan fingerprint density at radius 3 is 2.97 bits per heavy atom. The molecular weight excluding hydrogens is 404 g/mol. The minimum atomic E-state index is -0.119. The molecule has 0 radical (unpaired) electrons. The summed E-state index contributed by atoms with van der Waals surface area (Å²) in [6, 6.07) is 3.93. The number of nitrogens with one attached hydrogen (secondary N) is 2. The fraction of sp³-hybridized carbons (Fsp3) is 0.400. The highest BCUT2D eigenvalue weighted by Gasteiger charge is 2.13. The van der Waals surface area contributed by atoms with Crippen LogP contribution in [-0.4, -0.2) is 44.5 Å². The first-order chi connectivity index (χ1) is 14.1. The van der Waals surface area contributed by atoms with Gasteiger partial charge in [0.15, 0.2) is 10.8 Å². The predicted octanol–water partition coefficient (Wildman–Crippen LogP) is 3.90. The van der Waals surface area contributed by atoms with E-state index in [0.29, 0.717) is 19.0 Å². The molecule has 3 rings (SSSR count). The lowest BCUT2D eigenvalue weighted by Gasteiger charge is -2.11. The molecule has 7 nitrogen and oxygen atoms in total. The van der Waals surface area contributed by atoms with E-state index >= 15 is 0 Å². The molecule has 3 aromatic rings. The zero-order valence-corrected chi connectivity index (χ0v) is 18.5. The molecule has 2 N–H and O–H groups in total. The van der Waals surface area contributed by atoms with E-state index in [-0.39, 0.29) is 5.91 Å². The standard InChI is InChI=1S/C20H26N6OS2/c1-4-28-20-24-18(22-12-14(2)3)16-13-23-26(19(16)25-20)10-9-21-17(27)8-7-15-6-5-11-29-15/h5-8,11,13-14H,4,9-10,12H2,1-3H3,(H,21,27)(H,22,24,25)/b8-7+. The summed E-state index contributed by atoms with van der Waals surface area (Å²) in [6.07, 6.45) is 5.16. The van der Waals surface area contributed by atoms with Crippen molar-refractivity contribution in [3.63, 3.8) is 0 Å². The van der Waals surface area contributed by atoms with Gasteiger partial charge in [-0.25, -0.2) is 14.6 Å². The summed E-state index contributed by atoms with van der Waals surface area (Å²) in [5.74, 6) is 2.10. The second-order valence-electron chi connectivity index (χ2n) is 6.81. The molecule has 0 aromatic carbocycles. The van der Waals surface area contributed by atoms with E-state index in [4.69, 9.17) is 0 Å². The molecule has 3 aromatic heterocycles. The number of hydrogen-bond donors (Lipinski definition) is 2. The maximum atomic E-state index is 12.0. The van der Waals surface area contributed by atoms with Gasteiger partial charge in [-0.3, -0.25) is 4.79 Å². The Morgan fingerprint density at radius 1 is 1.38 bits per heavy atom. The molecule has 29 heavy (non-hydrogen) atoms. The number of fused-ring (bicyclic) bond motifs is 1. The summed E-state index contributed by atoms with van der Waals surface area (Å²) in [5, 5.41) is 14.4. The third-order valence-corrected chi connectivity index (χ3v) is 5.56. The van der Waals surface area contributed by atoms with Gasteiger partial charge in [0.25, 0.3) is 0 Å². The fourth-order valence-electron chi connectivity index (χ4n) is 2.62. The number of amides is 1. The molecule has 0 aliphatic rings. The van der Waals surface area contributed by atoms with Gasteiger partial charge in [0.1, 0.15) is 5.82 Å². The highest BCUT2D eigenvalue weighted by Crippen LogP contribution is 2.24. The quantitative estimate of drug-likeness (QED) is 0.288. The highest BCUT2D eigenvalue weighted by atomic mass is 32.2. The van der Waals surface area contributed by atoms with Crippen molar-refractivity contribution in [2.45, 2.75) is 32.5 Å². The summed E-state index contributed by atoms with van der Waals surface area (Å²) in [4.78, 5) is 22.4. The third-order valence-electron chi connectivity index (χ3n) is 3.99. The van der Waals surface area contributed by atoms with Gasteiger partial charge >= 0.3 is 0 Å². The van der Waals surface area contributed by atoms with Gasteiger partial charge in [-0.15, -0.1) is 11.3 Å². The van der Waals surface area contributed by atoms with Crippen LogP contribution in [0, 0.1) is 5.92 Å². The van der Waals surface area contributed by atoms with Crippen LogP contribution in [-0.2, 0) is 11.3 Å². The van der Waals surface area contributed by atoms with Crippen LogP contribution in [0.1, 0.15) is 25.6 Å². The van der Waals surface area contributed by atoms with Crippen LogP contribution in [0.4, 0.5) is 5.82 Å². The summed E-state index contributed by atoms with van der Waals surface area (Å²) in [6.45, 7) is 8.24. The van der Waals surface area contributed by atoms with Crippen molar-refractivity contribution < 1.29 is 4.79 Å². The lowest BCUT2D eigenvalue weighted by Crippen LogP contribution is -2.25. The van der Waals surface area contributed by atoms with Crippen LogP contribution < -0.4 is 10.6 Å². The predicted molar refractivity (Wildman–Crippen MR) is 121 cm³/mol. The van der Waals surface area contributed by atoms with Crippen molar-refractivity contribution in [1.29, 1.82) is 0 Å². The number of nitrogens with zero attached hydrogens (tertiary/aromatic N) is 4. The number of thiophene rings is 1. The first kappa shape index (κ1) is 21.3. The molecule has 0 aliphatic carbocycles. The van der Waals surface area contributed by atoms with Crippen molar-refractivity contribution in [3.05, 3.63) is 34.7 Å². The Morgan fingerprint density at radius 2 is 2.24 bits per heavy atom. The Hall–Kier alpha value is -2.39. The zero-order valence-electron chi connectivity index (χ0n) is 16.9. The number of rotatable bonds is 10. The highest BCUT2D eigenvalue weighted by molar-refractivity contribution is 7.99. The average molecular weight is 431 g/mol. The number of anilines is 1. The van der Waals surface area contributed by atoms with Crippen molar-refractivity contribution in [1.82, 2.24) is 25.1 Å². The number of carbonyl (C=O) groups excluding carboxylic acids is 1. The minimum Gasteiger partial charge on any atom is -0.369 e. The summed E-state index contributed by atoms with van der Waals surface area (Å²) in [5.41, 5.74) is 0.783. The minimum absolute atomic E-state index is 0.119. The lowest BCUT2D eigenvalue weighted by atomic mass is 10.2. The van der Waals surface area contributed by atoms with Crippen LogP contribution in [0.3, 0.4) is 0 Å². The van der Waals surface area contributed by atoms with Crippen LogP contribution in [0.15, 0.2) is 34.9 Å². The number of hydrogen-bond acceptors (Lipinski definition) is 7. The van der Waals surface area contributed by atoms with Gasteiger partial charge in [-0.05, 0) is 29.2 Å². The van der Waals surface area contributed by atoms with E-state index in [9.17, 15) is 4.79 Å². The van der Waals surface area contributed by atoms with E-state index in [1.807, 2.05) is 28.3 Å². The summed E-state index contributed by atoms with van der Waals surface area (Å²) in [7, 11) is 0. The monoisotopic (exact) mass is 430 g/mol.